The van der Waals surface area contributed by atoms with Crippen molar-refractivity contribution in [3.05, 3.63) is 17.5 Å². The van der Waals surface area contributed by atoms with Crippen molar-refractivity contribution in [3.63, 3.8) is 0 Å². The zero-order valence-electron chi connectivity index (χ0n) is 13.2. The van der Waals surface area contributed by atoms with Crippen molar-refractivity contribution >= 4 is 17.5 Å². The summed E-state index contributed by atoms with van der Waals surface area (Å²) in [6.45, 7) is 0.851. The Morgan fingerprint density at radius 1 is 1.36 bits per heavy atom. The van der Waals surface area contributed by atoms with Crippen molar-refractivity contribution in [2.45, 2.75) is 64.1 Å². The Morgan fingerprint density at radius 3 is 2.68 bits per heavy atom. The van der Waals surface area contributed by atoms with Gasteiger partial charge in [-0.05, 0) is 12.8 Å². The highest BCUT2D eigenvalue weighted by atomic mass is 35.5. The average Bonchev–Trinajstić information content (AvgIpc) is 2.92. The molecule has 2 rings (SSSR count). The third-order valence-corrected chi connectivity index (χ3v) is 4.40. The normalized spacial score (nSPS) is 17.0. The number of methoxy groups -OCH3 is 1. The van der Waals surface area contributed by atoms with Crippen LogP contribution in [0.3, 0.4) is 0 Å². The molecule has 0 aliphatic heterocycles. The zero-order valence-corrected chi connectivity index (χ0v) is 14.0. The molecular formula is C16H25ClN2O3. The number of aromatic nitrogens is 1. The maximum absolute atomic E-state index is 12.3. The minimum Gasteiger partial charge on any atom is -0.378 e. The third kappa shape index (κ3) is 4.99. The van der Waals surface area contributed by atoms with Gasteiger partial charge in [-0.25, -0.2) is 0 Å². The smallest absolute Gasteiger partial charge is 0.238 e. The van der Waals surface area contributed by atoms with E-state index >= 15 is 0 Å². The number of rotatable bonds is 6. The molecule has 1 fully saturated rings. The van der Waals surface area contributed by atoms with Crippen LogP contribution in [-0.2, 0) is 22.7 Å². The summed E-state index contributed by atoms with van der Waals surface area (Å²) in [5.41, 5.74) is 0.744. The first kappa shape index (κ1) is 17.3. The average molecular weight is 329 g/mol. The number of carbonyl (C=O) groups is 1. The molecule has 0 N–H and O–H groups in total. The van der Waals surface area contributed by atoms with Crippen molar-refractivity contribution in [1.29, 1.82) is 0 Å². The van der Waals surface area contributed by atoms with E-state index in [9.17, 15) is 4.79 Å². The molecule has 0 atom stereocenters. The van der Waals surface area contributed by atoms with Crippen molar-refractivity contribution in [1.82, 2.24) is 10.1 Å². The summed E-state index contributed by atoms with van der Waals surface area (Å²) in [5, 5.41) is 3.95. The lowest BCUT2D eigenvalue weighted by atomic mass is 9.95. The molecule has 1 aromatic heterocycles. The van der Waals surface area contributed by atoms with Crippen LogP contribution in [0.15, 0.2) is 10.6 Å². The Bertz CT molecular complexity index is 456. The van der Waals surface area contributed by atoms with Gasteiger partial charge in [0.2, 0.25) is 5.91 Å². The van der Waals surface area contributed by atoms with E-state index in [0.29, 0.717) is 18.9 Å². The summed E-state index contributed by atoms with van der Waals surface area (Å²) in [6.07, 6.45) is 8.23. The van der Waals surface area contributed by atoms with E-state index in [-0.39, 0.29) is 17.8 Å². The van der Waals surface area contributed by atoms with Gasteiger partial charge in [0.1, 0.15) is 11.6 Å². The fourth-order valence-electron chi connectivity index (χ4n) is 3.06. The van der Waals surface area contributed by atoms with E-state index in [1.165, 1.54) is 32.1 Å². The van der Waals surface area contributed by atoms with E-state index in [1.807, 2.05) is 11.0 Å². The Balaban J connectivity index is 2.05. The monoisotopic (exact) mass is 328 g/mol. The first-order chi connectivity index (χ1) is 10.7. The lowest BCUT2D eigenvalue weighted by Crippen LogP contribution is -2.40. The van der Waals surface area contributed by atoms with E-state index in [2.05, 4.69) is 5.16 Å². The van der Waals surface area contributed by atoms with Crippen LogP contribution in [0.1, 0.15) is 56.4 Å². The quantitative estimate of drug-likeness (QED) is 0.750. The molecule has 0 unspecified atom stereocenters. The zero-order chi connectivity index (χ0) is 15.8. The van der Waals surface area contributed by atoms with Crippen LogP contribution in [0.5, 0.6) is 0 Å². The molecule has 124 valence electrons. The van der Waals surface area contributed by atoms with Crippen LogP contribution in [0.25, 0.3) is 0 Å². The molecule has 1 aliphatic rings. The molecule has 5 nitrogen and oxygen atoms in total. The number of halogens is 1. The Kier molecular flexibility index (Phi) is 7.19. The maximum Gasteiger partial charge on any atom is 0.238 e. The molecule has 6 heteroatoms. The Labute approximate surface area is 136 Å². The SMILES string of the molecule is COCc1cc(CN(C(=O)CCl)C2CCCCCCC2)on1. The predicted molar refractivity (Wildman–Crippen MR) is 84.6 cm³/mol. The highest BCUT2D eigenvalue weighted by molar-refractivity contribution is 6.27. The van der Waals surface area contributed by atoms with Crippen LogP contribution in [-0.4, -0.2) is 35.0 Å². The minimum absolute atomic E-state index is 0.00949. The van der Waals surface area contributed by atoms with Crippen molar-refractivity contribution in [2.24, 2.45) is 0 Å². The molecule has 1 aliphatic carbocycles. The second-order valence-electron chi connectivity index (χ2n) is 5.87. The van der Waals surface area contributed by atoms with Crippen molar-refractivity contribution < 1.29 is 14.1 Å². The maximum atomic E-state index is 12.3. The van der Waals surface area contributed by atoms with Gasteiger partial charge < -0.3 is 14.2 Å². The molecule has 0 bridgehead atoms. The van der Waals surface area contributed by atoms with Crippen LogP contribution in [0.2, 0.25) is 0 Å². The van der Waals surface area contributed by atoms with Gasteiger partial charge in [0.25, 0.3) is 0 Å². The lowest BCUT2D eigenvalue weighted by Gasteiger charge is -2.32. The van der Waals surface area contributed by atoms with Gasteiger partial charge in [-0.2, -0.15) is 0 Å². The predicted octanol–water partition coefficient (Wildman–Crippen LogP) is 3.50. The summed E-state index contributed by atoms with van der Waals surface area (Å²) >= 11 is 5.80. The summed E-state index contributed by atoms with van der Waals surface area (Å²) in [7, 11) is 1.62. The minimum atomic E-state index is -0.0306. The topological polar surface area (TPSA) is 55.6 Å². The lowest BCUT2D eigenvalue weighted by molar-refractivity contribution is -0.132. The van der Waals surface area contributed by atoms with Crippen molar-refractivity contribution in [2.75, 3.05) is 13.0 Å². The molecule has 0 aromatic carbocycles. The molecule has 22 heavy (non-hydrogen) atoms. The molecule has 1 aromatic rings. The number of amides is 1. The summed E-state index contributed by atoms with van der Waals surface area (Å²) < 4.78 is 10.4. The highest BCUT2D eigenvalue weighted by Gasteiger charge is 2.25. The Hall–Kier alpha value is -1.07. The molecule has 0 spiro atoms. The number of alkyl halides is 1. The molecule has 0 radical (unpaired) electrons. The van der Waals surface area contributed by atoms with Gasteiger partial charge in [0, 0.05) is 19.2 Å². The third-order valence-electron chi connectivity index (χ3n) is 4.18. The van der Waals surface area contributed by atoms with Crippen LogP contribution >= 0.6 is 11.6 Å². The molecule has 0 saturated heterocycles. The number of ether oxygens (including phenoxy) is 1. The van der Waals surface area contributed by atoms with Gasteiger partial charge >= 0.3 is 0 Å². The van der Waals surface area contributed by atoms with Gasteiger partial charge in [-0.1, -0.05) is 37.3 Å². The molecule has 1 heterocycles. The van der Waals surface area contributed by atoms with E-state index < -0.39 is 0 Å². The van der Waals surface area contributed by atoms with Crippen LogP contribution in [0, 0.1) is 0 Å². The number of nitrogens with zero attached hydrogens (tertiary/aromatic N) is 2. The van der Waals surface area contributed by atoms with Crippen molar-refractivity contribution in [3.8, 4) is 0 Å². The first-order valence-corrected chi connectivity index (χ1v) is 8.57. The number of hydrogen-bond donors (Lipinski definition) is 0. The summed E-state index contributed by atoms with van der Waals surface area (Å²) in [6, 6.07) is 2.10. The van der Waals surface area contributed by atoms with Crippen LogP contribution < -0.4 is 0 Å². The van der Waals surface area contributed by atoms with Gasteiger partial charge in [-0.15, -0.1) is 11.6 Å². The second kappa shape index (κ2) is 9.16. The largest absolute Gasteiger partial charge is 0.378 e. The standard InChI is InChI=1S/C16H25ClN2O3/c1-21-12-13-9-15(22-18-13)11-19(16(20)10-17)14-7-5-3-2-4-6-8-14/h9,14H,2-8,10-12H2,1H3. The van der Waals surface area contributed by atoms with Gasteiger partial charge in [0.05, 0.1) is 13.2 Å². The number of carbonyl (C=O) groups excluding carboxylic acids is 1. The van der Waals surface area contributed by atoms with E-state index in [1.54, 1.807) is 7.11 Å². The van der Waals surface area contributed by atoms with E-state index in [4.69, 9.17) is 20.9 Å². The molecule has 1 saturated carbocycles. The second-order valence-corrected chi connectivity index (χ2v) is 6.14. The Morgan fingerprint density at radius 2 is 2.05 bits per heavy atom. The van der Waals surface area contributed by atoms with Crippen LogP contribution in [0.4, 0.5) is 0 Å². The fourth-order valence-corrected chi connectivity index (χ4v) is 3.21. The molecule has 1 amide bonds. The van der Waals surface area contributed by atoms with Gasteiger partial charge in [0.15, 0.2) is 5.76 Å². The first-order valence-electron chi connectivity index (χ1n) is 8.03. The van der Waals surface area contributed by atoms with Gasteiger partial charge in [-0.3, -0.25) is 4.79 Å². The highest BCUT2D eigenvalue weighted by Crippen LogP contribution is 2.23. The summed E-state index contributed by atoms with van der Waals surface area (Å²) in [5.74, 6) is 0.666. The number of hydrogen-bond acceptors (Lipinski definition) is 4. The molecular weight excluding hydrogens is 304 g/mol. The summed E-state index contributed by atoms with van der Waals surface area (Å²) in [4.78, 5) is 14.1. The van der Waals surface area contributed by atoms with E-state index in [0.717, 1.165) is 18.5 Å². The fraction of sp³-hybridized carbons (Fsp3) is 0.750.